The number of nitrogens with zero attached hydrogens (tertiary/aromatic N) is 1. The second-order valence-electron chi connectivity index (χ2n) is 8.53. The first-order valence-electron chi connectivity index (χ1n) is 11.2. The van der Waals surface area contributed by atoms with Gasteiger partial charge in [-0.25, -0.2) is 18.0 Å². The van der Waals surface area contributed by atoms with E-state index in [1.54, 1.807) is 0 Å². The van der Waals surface area contributed by atoms with Crippen LogP contribution >= 0.6 is 11.3 Å². The lowest BCUT2D eigenvalue weighted by Gasteiger charge is -2.21. The SMILES string of the molecule is CNC1CCCc2sc(-c3c(F)cc4c(=O)c(C(=O)O)cn(-c5ccc(F)cc5F)c4c3OC)cc21. The molecule has 0 radical (unpaired) electrons. The Balaban J connectivity index is 1.89. The number of rotatable bonds is 5. The Morgan fingerprint density at radius 1 is 1.19 bits per heavy atom. The predicted molar refractivity (Wildman–Crippen MR) is 131 cm³/mol. The number of aryl methyl sites for hydroxylation is 1. The summed E-state index contributed by atoms with van der Waals surface area (Å²) in [5.74, 6) is -4.22. The van der Waals surface area contributed by atoms with E-state index in [2.05, 4.69) is 5.32 Å². The van der Waals surface area contributed by atoms with Gasteiger partial charge in [-0.3, -0.25) is 4.79 Å². The van der Waals surface area contributed by atoms with Gasteiger partial charge in [-0.15, -0.1) is 11.3 Å². The molecule has 2 aromatic carbocycles. The van der Waals surface area contributed by atoms with Crippen molar-refractivity contribution in [2.45, 2.75) is 25.3 Å². The van der Waals surface area contributed by atoms with Crippen LogP contribution in [0.2, 0.25) is 0 Å². The van der Waals surface area contributed by atoms with Gasteiger partial charge < -0.3 is 19.7 Å². The zero-order valence-electron chi connectivity index (χ0n) is 19.3. The molecule has 0 fully saturated rings. The second-order valence-corrected chi connectivity index (χ2v) is 9.67. The maximum atomic E-state index is 15.7. The lowest BCUT2D eigenvalue weighted by Crippen LogP contribution is -2.20. The zero-order valence-corrected chi connectivity index (χ0v) is 20.1. The molecule has 186 valence electrons. The average molecular weight is 515 g/mol. The quantitative estimate of drug-likeness (QED) is 0.371. The Morgan fingerprint density at radius 3 is 2.64 bits per heavy atom. The van der Waals surface area contributed by atoms with Crippen LogP contribution in [0.15, 0.2) is 41.3 Å². The van der Waals surface area contributed by atoms with Crippen LogP contribution in [0.4, 0.5) is 13.2 Å². The summed E-state index contributed by atoms with van der Waals surface area (Å²) in [6.07, 6.45) is 3.72. The first kappa shape index (κ1) is 24.1. The number of carbonyl (C=O) groups is 1. The average Bonchev–Trinajstić information content (AvgIpc) is 3.28. The van der Waals surface area contributed by atoms with Crippen LogP contribution in [0.25, 0.3) is 27.0 Å². The van der Waals surface area contributed by atoms with Crippen LogP contribution < -0.4 is 15.5 Å². The fourth-order valence-electron chi connectivity index (χ4n) is 4.85. The molecule has 0 amide bonds. The molecule has 36 heavy (non-hydrogen) atoms. The van der Waals surface area contributed by atoms with Gasteiger partial charge in [-0.05, 0) is 56.1 Å². The minimum absolute atomic E-state index is 0.0223. The van der Waals surface area contributed by atoms with Gasteiger partial charge in [0.1, 0.15) is 28.5 Å². The predicted octanol–water partition coefficient (Wildman–Crippen LogP) is 5.44. The number of nitrogens with one attached hydrogen (secondary N) is 1. The molecule has 0 bridgehead atoms. The van der Waals surface area contributed by atoms with E-state index in [1.807, 2.05) is 13.1 Å². The van der Waals surface area contributed by atoms with Crippen LogP contribution in [-0.2, 0) is 6.42 Å². The Bertz CT molecular complexity index is 1590. The molecule has 0 aliphatic heterocycles. The monoisotopic (exact) mass is 514 g/mol. The Labute approximate surface area is 207 Å². The van der Waals surface area contributed by atoms with E-state index in [4.69, 9.17) is 4.74 Å². The maximum Gasteiger partial charge on any atom is 0.341 e. The molecule has 0 saturated heterocycles. The summed E-state index contributed by atoms with van der Waals surface area (Å²) >= 11 is 1.41. The largest absolute Gasteiger partial charge is 0.494 e. The van der Waals surface area contributed by atoms with Crippen molar-refractivity contribution >= 4 is 28.2 Å². The molecule has 6 nitrogen and oxygen atoms in total. The summed E-state index contributed by atoms with van der Waals surface area (Å²) < 4.78 is 50.9. The molecule has 10 heteroatoms. The summed E-state index contributed by atoms with van der Waals surface area (Å²) in [4.78, 5) is 26.5. The number of ether oxygens (including phenoxy) is 1. The molecular weight excluding hydrogens is 493 g/mol. The summed E-state index contributed by atoms with van der Waals surface area (Å²) in [7, 11) is 3.16. The summed E-state index contributed by atoms with van der Waals surface area (Å²) in [6.45, 7) is 0. The lowest BCUT2D eigenvalue weighted by molar-refractivity contribution is 0.0695. The van der Waals surface area contributed by atoms with Crippen molar-refractivity contribution in [3.63, 3.8) is 0 Å². The standard InChI is InChI=1S/C26H21F3N2O4S/c1-30-18-4-3-5-20-13(18)10-21(36-20)22-17(29)9-14-23(25(22)35-2)31(11-15(24(14)32)26(33)34)19-7-6-12(27)8-16(19)28/h6-11,18,30H,3-5H2,1-2H3,(H,33,34). The number of hydrogen-bond donors (Lipinski definition) is 2. The highest BCUT2D eigenvalue weighted by Gasteiger charge is 2.28. The molecule has 2 heterocycles. The van der Waals surface area contributed by atoms with E-state index in [0.29, 0.717) is 10.9 Å². The minimum Gasteiger partial charge on any atom is -0.494 e. The molecule has 2 aromatic heterocycles. The van der Waals surface area contributed by atoms with Crippen molar-refractivity contribution in [3.8, 4) is 21.9 Å². The van der Waals surface area contributed by atoms with Gasteiger partial charge in [0, 0.05) is 28.1 Å². The van der Waals surface area contributed by atoms with Crippen molar-refractivity contribution in [1.82, 2.24) is 9.88 Å². The summed E-state index contributed by atoms with van der Waals surface area (Å²) in [6, 6.07) is 5.72. The fraction of sp³-hybridized carbons (Fsp3) is 0.231. The molecule has 2 N–H and O–H groups in total. The van der Waals surface area contributed by atoms with Crippen LogP contribution in [0.5, 0.6) is 5.75 Å². The van der Waals surface area contributed by atoms with Gasteiger partial charge in [0.15, 0.2) is 5.75 Å². The maximum absolute atomic E-state index is 15.7. The zero-order chi connectivity index (χ0) is 25.7. The highest BCUT2D eigenvalue weighted by Crippen LogP contribution is 2.46. The van der Waals surface area contributed by atoms with Gasteiger partial charge in [-0.1, -0.05) is 0 Å². The molecule has 0 spiro atoms. The molecule has 1 unspecified atom stereocenters. The molecule has 4 aromatic rings. The van der Waals surface area contributed by atoms with Crippen molar-refractivity contribution < 1.29 is 27.8 Å². The van der Waals surface area contributed by atoms with Gasteiger partial charge in [-0.2, -0.15) is 0 Å². The van der Waals surface area contributed by atoms with E-state index < -0.39 is 34.4 Å². The number of carboxylic acids is 1. The van der Waals surface area contributed by atoms with Crippen LogP contribution in [-0.4, -0.2) is 29.8 Å². The normalized spacial score (nSPS) is 15.2. The molecule has 1 atom stereocenters. The molecule has 0 saturated carbocycles. The summed E-state index contributed by atoms with van der Waals surface area (Å²) in [5.41, 5.74) is -0.734. The molecule has 5 rings (SSSR count). The van der Waals surface area contributed by atoms with E-state index >= 15 is 4.39 Å². The first-order valence-corrected chi connectivity index (χ1v) is 12.0. The van der Waals surface area contributed by atoms with Gasteiger partial charge in [0.05, 0.1) is 23.7 Å². The van der Waals surface area contributed by atoms with E-state index in [1.165, 1.54) is 18.4 Å². The molecular formula is C26H21F3N2O4S. The second kappa shape index (κ2) is 9.11. The Morgan fingerprint density at radius 2 is 1.97 bits per heavy atom. The van der Waals surface area contributed by atoms with Crippen molar-refractivity contribution in [2.24, 2.45) is 0 Å². The Kier molecular flexibility index (Phi) is 6.09. The van der Waals surface area contributed by atoms with Crippen molar-refractivity contribution in [1.29, 1.82) is 0 Å². The third kappa shape index (κ3) is 3.77. The number of methoxy groups -OCH3 is 1. The number of pyridine rings is 1. The number of halogens is 3. The number of fused-ring (bicyclic) bond motifs is 2. The minimum atomic E-state index is -1.56. The molecule has 1 aliphatic rings. The number of carboxylic acid groups (broad SMARTS) is 1. The van der Waals surface area contributed by atoms with Gasteiger partial charge in [0.2, 0.25) is 5.43 Å². The number of thiophene rings is 1. The number of aromatic nitrogens is 1. The highest BCUT2D eigenvalue weighted by molar-refractivity contribution is 7.15. The summed E-state index contributed by atoms with van der Waals surface area (Å²) in [5, 5.41) is 12.6. The van der Waals surface area contributed by atoms with Gasteiger partial charge >= 0.3 is 5.97 Å². The first-order chi connectivity index (χ1) is 17.2. The lowest BCUT2D eigenvalue weighted by atomic mass is 9.93. The number of hydrogen-bond acceptors (Lipinski definition) is 5. The molecule has 1 aliphatic carbocycles. The third-order valence-electron chi connectivity index (χ3n) is 6.51. The van der Waals surface area contributed by atoms with Crippen LogP contribution in [0.3, 0.4) is 0 Å². The Hall–Kier alpha value is -3.63. The van der Waals surface area contributed by atoms with Gasteiger partial charge in [0.25, 0.3) is 0 Å². The number of benzene rings is 2. The van der Waals surface area contributed by atoms with Crippen LogP contribution in [0, 0.1) is 17.5 Å². The fourth-order valence-corrected chi connectivity index (χ4v) is 6.16. The highest BCUT2D eigenvalue weighted by atomic mass is 32.1. The number of aromatic carboxylic acids is 1. The van der Waals surface area contributed by atoms with E-state index in [0.717, 1.165) is 58.7 Å². The van der Waals surface area contributed by atoms with Crippen molar-refractivity contribution in [3.05, 3.63) is 80.2 Å². The third-order valence-corrected chi connectivity index (χ3v) is 7.74. The van der Waals surface area contributed by atoms with E-state index in [9.17, 15) is 23.5 Å². The van der Waals surface area contributed by atoms with Crippen LogP contribution in [0.1, 0.15) is 39.7 Å². The van der Waals surface area contributed by atoms with Crippen molar-refractivity contribution in [2.75, 3.05) is 14.2 Å². The topological polar surface area (TPSA) is 80.6 Å². The smallest absolute Gasteiger partial charge is 0.341 e. The van der Waals surface area contributed by atoms with E-state index in [-0.39, 0.29) is 33.9 Å².